The van der Waals surface area contributed by atoms with Gasteiger partial charge in [0, 0.05) is 19.2 Å². The van der Waals surface area contributed by atoms with Crippen LogP contribution in [0.5, 0.6) is 0 Å². The smallest absolute Gasteiger partial charge is 0.146 e. The maximum atomic E-state index is 13.8. The van der Waals surface area contributed by atoms with E-state index in [4.69, 9.17) is 0 Å². The molecule has 22 heavy (non-hydrogen) atoms. The summed E-state index contributed by atoms with van der Waals surface area (Å²) in [6.07, 6.45) is 2.11. The predicted molar refractivity (Wildman–Crippen MR) is 89.2 cm³/mol. The van der Waals surface area contributed by atoms with Crippen molar-refractivity contribution in [3.8, 4) is 0 Å². The number of hydrogen-bond donors (Lipinski definition) is 1. The number of benzene rings is 1. The minimum atomic E-state index is -0.292. The second-order valence-corrected chi connectivity index (χ2v) is 5.25. The summed E-state index contributed by atoms with van der Waals surface area (Å²) in [4.78, 5) is 11.1. The molecule has 0 saturated heterocycles. The number of hydrogen-bond acceptors (Lipinski definition) is 4. The highest BCUT2D eigenvalue weighted by atomic mass is 19.1. The molecule has 1 heterocycles. The summed E-state index contributed by atoms with van der Waals surface area (Å²) < 4.78 is 13.8. The lowest BCUT2D eigenvalue weighted by Gasteiger charge is -2.23. The van der Waals surface area contributed by atoms with E-state index in [0.717, 1.165) is 31.7 Å². The first kappa shape index (κ1) is 16.2. The molecule has 0 atom stereocenters. The van der Waals surface area contributed by atoms with Crippen LogP contribution in [0.4, 0.5) is 21.7 Å². The zero-order valence-corrected chi connectivity index (χ0v) is 13.4. The van der Waals surface area contributed by atoms with Crippen LogP contribution in [-0.4, -0.2) is 23.1 Å². The fraction of sp³-hybridized carbons (Fsp3) is 0.412. The largest absolute Gasteiger partial charge is 0.356 e. The van der Waals surface area contributed by atoms with Crippen LogP contribution in [0.25, 0.3) is 0 Å². The number of para-hydroxylation sites is 1. The molecule has 0 unspecified atom stereocenters. The predicted octanol–water partition coefficient (Wildman–Crippen LogP) is 4.29. The lowest BCUT2D eigenvalue weighted by Crippen LogP contribution is -2.26. The van der Waals surface area contributed by atoms with Gasteiger partial charge in [-0.25, -0.2) is 14.4 Å². The van der Waals surface area contributed by atoms with E-state index >= 15 is 0 Å². The third-order valence-corrected chi connectivity index (χ3v) is 3.27. The Morgan fingerprint density at radius 1 is 1.09 bits per heavy atom. The summed E-state index contributed by atoms with van der Waals surface area (Å²) in [6, 6.07) is 8.47. The number of aromatic nitrogens is 2. The summed E-state index contributed by atoms with van der Waals surface area (Å²) in [5.74, 6) is 1.88. The van der Waals surface area contributed by atoms with Crippen molar-refractivity contribution in [3.05, 3.63) is 42.0 Å². The number of nitrogens with zero attached hydrogens (tertiary/aromatic N) is 3. The number of nitrogens with one attached hydrogen (secondary N) is 1. The molecule has 0 aliphatic rings. The zero-order valence-electron chi connectivity index (χ0n) is 13.4. The number of rotatable bonds is 7. The molecule has 0 saturated carbocycles. The first-order valence-corrected chi connectivity index (χ1v) is 7.76. The Balaban J connectivity index is 2.27. The van der Waals surface area contributed by atoms with E-state index in [9.17, 15) is 4.39 Å². The standard InChI is InChI=1S/C17H23FN4/c1-4-10-22(11-5-2)17-12-16(19-13(3)20-17)21-15-9-7-6-8-14(15)18/h6-9,12H,4-5,10-11H2,1-3H3,(H,19,20,21). The summed E-state index contributed by atoms with van der Waals surface area (Å²) in [6.45, 7) is 8.05. The quantitative estimate of drug-likeness (QED) is 0.828. The van der Waals surface area contributed by atoms with Crippen molar-refractivity contribution in [2.75, 3.05) is 23.3 Å². The summed E-state index contributed by atoms with van der Waals surface area (Å²) in [7, 11) is 0. The lowest BCUT2D eigenvalue weighted by atomic mass is 10.3. The summed E-state index contributed by atoms with van der Waals surface area (Å²) >= 11 is 0. The van der Waals surface area contributed by atoms with Gasteiger partial charge in [-0.1, -0.05) is 26.0 Å². The molecule has 5 heteroatoms. The monoisotopic (exact) mass is 302 g/mol. The van der Waals surface area contributed by atoms with Gasteiger partial charge in [0.15, 0.2) is 0 Å². The molecular weight excluding hydrogens is 279 g/mol. The first-order chi connectivity index (χ1) is 10.6. The van der Waals surface area contributed by atoms with E-state index in [-0.39, 0.29) is 5.82 Å². The minimum Gasteiger partial charge on any atom is -0.356 e. The number of halogens is 1. The molecule has 0 bridgehead atoms. The maximum Gasteiger partial charge on any atom is 0.146 e. The highest BCUT2D eigenvalue weighted by Crippen LogP contribution is 2.22. The number of anilines is 3. The fourth-order valence-corrected chi connectivity index (χ4v) is 2.36. The highest BCUT2D eigenvalue weighted by molar-refractivity contribution is 5.60. The van der Waals surface area contributed by atoms with Crippen LogP contribution in [-0.2, 0) is 0 Å². The van der Waals surface area contributed by atoms with Crippen molar-refractivity contribution >= 4 is 17.3 Å². The van der Waals surface area contributed by atoms with E-state index in [2.05, 4.69) is 34.0 Å². The molecule has 0 fully saturated rings. The molecule has 0 aliphatic carbocycles. The van der Waals surface area contributed by atoms with Crippen LogP contribution in [0.3, 0.4) is 0 Å². The first-order valence-electron chi connectivity index (χ1n) is 7.76. The van der Waals surface area contributed by atoms with Gasteiger partial charge in [-0.3, -0.25) is 0 Å². The Bertz CT molecular complexity index is 609. The molecular formula is C17H23FN4. The van der Waals surface area contributed by atoms with Gasteiger partial charge in [0.2, 0.25) is 0 Å². The van der Waals surface area contributed by atoms with E-state index < -0.39 is 0 Å². The molecule has 4 nitrogen and oxygen atoms in total. The Morgan fingerprint density at radius 2 is 1.77 bits per heavy atom. The fourth-order valence-electron chi connectivity index (χ4n) is 2.36. The van der Waals surface area contributed by atoms with Gasteiger partial charge < -0.3 is 10.2 Å². The minimum absolute atomic E-state index is 0.292. The molecule has 2 rings (SSSR count). The van der Waals surface area contributed by atoms with Crippen molar-refractivity contribution < 1.29 is 4.39 Å². The molecule has 0 aliphatic heterocycles. The number of aryl methyl sites for hydroxylation is 1. The van der Waals surface area contributed by atoms with E-state index in [1.807, 2.05) is 13.0 Å². The van der Waals surface area contributed by atoms with Crippen LogP contribution < -0.4 is 10.2 Å². The SMILES string of the molecule is CCCN(CCC)c1cc(Nc2ccccc2F)nc(C)n1. The van der Waals surface area contributed by atoms with E-state index in [1.54, 1.807) is 18.2 Å². The van der Waals surface area contributed by atoms with Crippen LogP contribution in [0, 0.1) is 12.7 Å². The van der Waals surface area contributed by atoms with Crippen LogP contribution in [0.15, 0.2) is 30.3 Å². The van der Waals surface area contributed by atoms with Gasteiger partial charge in [0.05, 0.1) is 5.69 Å². The van der Waals surface area contributed by atoms with Crippen molar-refractivity contribution in [2.24, 2.45) is 0 Å². The van der Waals surface area contributed by atoms with Gasteiger partial charge >= 0.3 is 0 Å². The average Bonchev–Trinajstić information content (AvgIpc) is 2.49. The molecule has 1 aromatic carbocycles. The Morgan fingerprint density at radius 3 is 2.41 bits per heavy atom. The van der Waals surface area contributed by atoms with Crippen molar-refractivity contribution in [1.82, 2.24) is 9.97 Å². The summed E-state index contributed by atoms with van der Waals surface area (Å²) in [5, 5.41) is 3.04. The Kier molecular flexibility index (Phi) is 5.69. The Hall–Kier alpha value is -2.17. The molecule has 0 amide bonds. The van der Waals surface area contributed by atoms with E-state index in [1.165, 1.54) is 6.07 Å². The zero-order chi connectivity index (χ0) is 15.9. The second-order valence-electron chi connectivity index (χ2n) is 5.25. The van der Waals surface area contributed by atoms with Gasteiger partial charge in [0.1, 0.15) is 23.3 Å². The van der Waals surface area contributed by atoms with Gasteiger partial charge in [0.25, 0.3) is 0 Å². The summed E-state index contributed by atoms with van der Waals surface area (Å²) in [5.41, 5.74) is 0.420. The third kappa shape index (κ3) is 4.16. The average molecular weight is 302 g/mol. The molecule has 2 aromatic rings. The van der Waals surface area contributed by atoms with Gasteiger partial charge in [-0.15, -0.1) is 0 Å². The third-order valence-electron chi connectivity index (χ3n) is 3.27. The van der Waals surface area contributed by atoms with Crippen LogP contribution in [0.1, 0.15) is 32.5 Å². The molecule has 1 aromatic heterocycles. The topological polar surface area (TPSA) is 41.0 Å². The molecule has 0 radical (unpaired) electrons. The van der Waals surface area contributed by atoms with E-state index in [0.29, 0.717) is 17.3 Å². The normalized spacial score (nSPS) is 10.5. The van der Waals surface area contributed by atoms with Gasteiger partial charge in [-0.05, 0) is 31.9 Å². The molecule has 118 valence electrons. The Labute approximate surface area is 131 Å². The van der Waals surface area contributed by atoms with Crippen LogP contribution >= 0.6 is 0 Å². The van der Waals surface area contributed by atoms with Crippen molar-refractivity contribution in [2.45, 2.75) is 33.6 Å². The molecule has 1 N–H and O–H groups in total. The second kappa shape index (κ2) is 7.73. The van der Waals surface area contributed by atoms with Crippen molar-refractivity contribution in [1.29, 1.82) is 0 Å². The van der Waals surface area contributed by atoms with Crippen molar-refractivity contribution in [3.63, 3.8) is 0 Å². The maximum absolute atomic E-state index is 13.8. The lowest BCUT2D eigenvalue weighted by molar-refractivity contribution is 0.631. The van der Waals surface area contributed by atoms with Gasteiger partial charge in [-0.2, -0.15) is 0 Å². The van der Waals surface area contributed by atoms with Crippen LogP contribution in [0.2, 0.25) is 0 Å². The molecule has 0 spiro atoms. The highest BCUT2D eigenvalue weighted by Gasteiger charge is 2.10.